The molecule has 84 valence electrons. The molecule has 0 amide bonds. The van der Waals surface area contributed by atoms with Crippen LogP contribution in [0.3, 0.4) is 0 Å². The molecule has 0 saturated carbocycles. The third-order valence-corrected chi connectivity index (χ3v) is 2.63. The van der Waals surface area contributed by atoms with Gasteiger partial charge < -0.3 is 4.74 Å². The van der Waals surface area contributed by atoms with Gasteiger partial charge in [-0.3, -0.25) is 9.79 Å². The van der Waals surface area contributed by atoms with E-state index >= 15 is 0 Å². The molecule has 1 aliphatic rings. The Bertz CT molecular complexity index is 424. The first-order chi connectivity index (χ1) is 7.81. The Morgan fingerprint density at radius 2 is 2.25 bits per heavy atom. The van der Waals surface area contributed by atoms with Crippen molar-refractivity contribution in [2.45, 2.75) is 19.8 Å². The molecule has 3 heteroatoms. The van der Waals surface area contributed by atoms with Crippen molar-refractivity contribution in [2.75, 3.05) is 13.2 Å². The second kappa shape index (κ2) is 4.92. The third-order valence-electron chi connectivity index (χ3n) is 2.63. The minimum absolute atomic E-state index is 0.196. The molecule has 1 aromatic rings. The lowest BCUT2D eigenvalue weighted by molar-refractivity contribution is -0.141. The Morgan fingerprint density at radius 3 is 3.06 bits per heavy atom. The lowest BCUT2D eigenvalue weighted by Gasteiger charge is -2.15. The highest BCUT2D eigenvalue weighted by Gasteiger charge is 2.16. The molecule has 0 N–H and O–H groups in total. The summed E-state index contributed by atoms with van der Waals surface area (Å²) in [6.45, 7) is 3.01. The molecule has 3 nitrogen and oxygen atoms in total. The Labute approximate surface area is 95.2 Å². The highest BCUT2D eigenvalue weighted by atomic mass is 16.5. The average Bonchev–Trinajstić information content (AvgIpc) is 2.30. The number of benzene rings is 1. The van der Waals surface area contributed by atoms with E-state index in [4.69, 9.17) is 4.74 Å². The van der Waals surface area contributed by atoms with Gasteiger partial charge in [0.1, 0.15) is 0 Å². The number of esters is 1. The number of hydrogen-bond donors (Lipinski definition) is 0. The topological polar surface area (TPSA) is 38.7 Å². The van der Waals surface area contributed by atoms with Gasteiger partial charge in [-0.1, -0.05) is 24.3 Å². The zero-order valence-corrected chi connectivity index (χ0v) is 9.40. The molecule has 0 spiro atoms. The molecule has 0 aromatic heterocycles. The van der Waals surface area contributed by atoms with Crippen molar-refractivity contribution in [2.24, 2.45) is 4.99 Å². The van der Waals surface area contributed by atoms with Gasteiger partial charge in [0, 0.05) is 6.54 Å². The summed E-state index contributed by atoms with van der Waals surface area (Å²) in [4.78, 5) is 15.8. The minimum atomic E-state index is -0.196. The summed E-state index contributed by atoms with van der Waals surface area (Å²) in [5.41, 5.74) is 3.24. The van der Waals surface area contributed by atoms with Crippen molar-refractivity contribution >= 4 is 11.7 Å². The monoisotopic (exact) mass is 217 g/mol. The molecule has 0 saturated heterocycles. The van der Waals surface area contributed by atoms with Gasteiger partial charge in [-0.2, -0.15) is 0 Å². The van der Waals surface area contributed by atoms with Crippen LogP contribution in [-0.4, -0.2) is 24.8 Å². The summed E-state index contributed by atoms with van der Waals surface area (Å²) in [5.74, 6) is -0.196. The molecule has 0 radical (unpaired) electrons. The first-order valence-electron chi connectivity index (χ1n) is 5.58. The highest BCUT2D eigenvalue weighted by Crippen LogP contribution is 2.17. The number of fused-ring (bicyclic) bond motifs is 1. The number of aliphatic imine (C=N–C) groups is 1. The fourth-order valence-electron chi connectivity index (χ4n) is 1.92. The predicted octanol–water partition coefficient (Wildman–Crippen LogP) is 1.99. The maximum Gasteiger partial charge on any atom is 0.311 e. The van der Waals surface area contributed by atoms with Crippen LogP contribution in [0.15, 0.2) is 29.3 Å². The highest BCUT2D eigenvalue weighted by molar-refractivity contribution is 6.10. The fourth-order valence-corrected chi connectivity index (χ4v) is 1.92. The van der Waals surface area contributed by atoms with Crippen LogP contribution in [0.5, 0.6) is 0 Å². The van der Waals surface area contributed by atoms with E-state index in [1.165, 1.54) is 5.56 Å². The Hall–Kier alpha value is -1.64. The molecule has 1 aliphatic heterocycles. The van der Waals surface area contributed by atoms with Crippen molar-refractivity contribution in [3.63, 3.8) is 0 Å². The maximum atomic E-state index is 11.4. The van der Waals surface area contributed by atoms with E-state index in [0.29, 0.717) is 6.61 Å². The van der Waals surface area contributed by atoms with Crippen molar-refractivity contribution in [1.82, 2.24) is 0 Å². The first-order valence-corrected chi connectivity index (χ1v) is 5.58. The summed E-state index contributed by atoms with van der Waals surface area (Å²) in [7, 11) is 0. The van der Waals surface area contributed by atoms with E-state index in [-0.39, 0.29) is 12.4 Å². The molecule has 0 atom stereocenters. The Kier molecular flexibility index (Phi) is 3.34. The average molecular weight is 217 g/mol. The summed E-state index contributed by atoms with van der Waals surface area (Å²) >= 11 is 0. The molecular weight excluding hydrogens is 202 g/mol. The number of nitrogens with zero attached hydrogens (tertiary/aromatic N) is 1. The Balaban J connectivity index is 2.16. The van der Waals surface area contributed by atoms with Crippen molar-refractivity contribution in [3.8, 4) is 0 Å². The molecule has 0 fully saturated rings. The normalized spacial score (nSPS) is 13.9. The number of carbonyl (C=O) groups excluding carboxylic acids is 1. The number of rotatable bonds is 3. The van der Waals surface area contributed by atoms with E-state index in [0.717, 1.165) is 24.2 Å². The van der Waals surface area contributed by atoms with Gasteiger partial charge in [0.05, 0.1) is 18.7 Å². The van der Waals surface area contributed by atoms with Crippen molar-refractivity contribution < 1.29 is 9.53 Å². The lowest BCUT2D eigenvalue weighted by Crippen LogP contribution is -2.18. The summed E-state index contributed by atoms with van der Waals surface area (Å²) in [6.07, 6.45) is 1.24. The second-order valence-corrected chi connectivity index (χ2v) is 3.72. The zero-order valence-electron chi connectivity index (χ0n) is 9.40. The lowest BCUT2D eigenvalue weighted by atomic mass is 9.96. The molecular formula is C13H15NO2. The minimum Gasteiger partial charge on any atom is -0.466 e. The molecule has 16 heavy (non-hydrogen) atoms. The van der Waals surface area contributed by atoms with Gasteiger partial charge in [0.15, 0.2) is 0 Å². The van der Waals surface area contributed by atoms with Crippen molar-refractivity contribution in [3.05, 3.63) is 35.4 Å². The van der Waals surface area contributed by atoms with E-state index < -0.39 is 0 Å². The van der Waals surface area contributed by atoms with Gasteiger partial charge in [-0.25, -0.2) is 0 Å². The van der Waals surface area contributed by atoms with Crippen molar-refractivity contribution in [1.29, 1.82) is 0 Å². The standard InChI is InChI=1S/C13H15NO2/c1-2-16-13(15)9-12-11-6-4-3-5-10(11)7-8-14-12/h3-6H,2,7-9H2,1H3. The smallest absolute Gasteiger partial charge is 0.311 e. The fraction of sp³-hybridized carbons (Fsp3) is 0.385. The van der Waals surface area contributed by atoms with Crippen LogP contribution in [0, 0.1) is 0 Å². The van der Waals surface area contributed by atoms with Crippen LogP contribution in [0.1, 0.15) is 24.5 Å². The number of ether oxygens (including phenoxy) is 1. The zero-order chi connectivity index (χ0) is 11.4. The van der Waals surface area contributed by atoms with Crippen LogP contribution < -0.4 is 0 Å². The molecule has 1 heterocycles. The van der Waals surface area contributed by atoms with E-state index in [9.17, 15) is 4.79 Å². The van der Waals surface area contributed by atoms with Crippen LogP contribution in [0.25, 0.3) is 0 Å². The molecule has 2 rings (SSSR count). The van der Waals surface area contributed by atoms with Crippen LogP contribution >= 0.6 is 0 Å². The SMILES string of the molecule is CCOC(=O)CC1=NCCc2ccccc21. The maximum absolute atomic E-state index is 11.4. The van der Waals surface area contributed by atoms with Gasteiger partial charge >= 0.3 is 5.97 Å². The van der Waals surface area contributed by atoms with Crippen LogP contribution in [0.2, 0.25) is 0 Å². The van der Waals surface area contributed by atoms with Crippen LogP contribution in [-0.2, 0) is 16.0 Å². The summed E-state index contributed by atoms with van der Waals surface area (Å²) in [5, 5.41) is 0. The predicted molar refractivity (Wildman–Crippen MR) is 62.8 cm³/mol. The van der Waals surface area contributed by atoms with Gasteiger partial charge in [-0.15, -0.1) is 0 Å². The van der Waals surface area contributed by atoms with Crippen LogP contribution in [0.4, 0.5) is 0 Å². The molecule has 0 unspecified atom stereocenters. The Morgan fingerprint density at radius 1 is 1.44 bits per heavy atom. The van der Waals surface area contributed by atoms with Gasteiger partial charge in [-0.05, 0) is 24.5 Å². The largest absolute Gasteiger partial charge is 0.466 e. The van der Waals surface area contributed by atoms with E-state index in [1.807, 2.05) is 25.1 Å². The molecule has 0 aliphatic carbocycles. The summed E-state index contributed by atoms with van der Waals surface area (Å²) < 4.78 is 4.94. The second-order valence-electron chi connectivity index (χ2n) is 3.72. The summed E-state index contributed by atoms with van der Waals surface area (Å²) in [6, 6.07) is 8.11. The quantitative estimate of drug-likeness (QED) is 0.726. The first kappa shape index (κ1) is 10.9. The molecule has 0 bridgehead atoms. The molecule has 1 aromatic carbocycles. The van der Waals surface area contributed by atoms with E-state index in [1.54, 1.807) is 0 Å². The van der Waals surface area contributed by atoms with E-state index in [2.05, 4.69) is 11.1 Å². The van der Waals surface area contributed by atoms with Gasteiger partial charge in [0.25, 0.3) is 0 Å². The number of hydrogen-bond acceptors (Lipinski definition) is 3. The third kappa shape index (κ3) is 2.30. The van der Waals surface area contributed by atoms with Gasteiger partial charge in [0.2, 0.25) is 0 Å². The number of carbonyl (C=O) groups is 1.